The molecule has 0 aliphatic carbocycles. The molecule has 3 aromatic carbocycles. The van der Waals surface area contributed by atoms with Crippen LogP contribution in [0, 0.1) is 6.92 Å². The highest BCUT2D eigenvalue weighted by molar-refractivity contribution is 6.04. The van der Waals surface area contributed by atoms with Crippen LogP contribution >= 0.6 is 0 Å². The average molecular weight is 527 g/mol. The van der Waals surface area contributed by atoms with Gasteiger partial charge in [-0.1, -0.05) is 36.4 Å². The molecule has 0 amide bonds. The highest BCUT2D eigenvalue weighted by atomic mass is 16.5. The molecule has 4 aromatic rings. The van der Waals surface area contributed by atoms with E-state index in [1.165, 1.54) is 19.3 Å². The monoisotopic (exact) mass is 526 g/mol. The van der Waals surface area contributed by atoms with Gasteiger partial charge in [0.25, 0.3) is 0 Å². The molecule has 0 spiro atoms. The van der Waals surface area contributed by atoms with Crippen LogP contribution in [0.25, 0.3) is 17.8 Å². The number of aromatic nitrogens is 2. The number of hydrogen-bond donors (Lipinski definition) is 0. The molecule has 1 aromatic heterocycles. The number of allylic oxidation sites excluding steroid dienone is 2. The first-order chi connectivity index (χ1) is 19.0. The topological polar surface area (TPSA) is 81.0 Å². The second-order valence-corrected chi connectivity index (χ2v) is 8.33. The molecule has 4 rings (SSSR count). The number of carbonyl (C=O) groups excluding carboxylic acids is 1. The van der Waals surface area contributed by atoms with E-state index in [2.05, 4.69) is 5.10 Å². The van der Waals surface area contributed by atoms with Gasteiger partial charge in [0.2, 0.25) is 11.6 Å². The number of rotatable bonds is 11. The Labute approximate surface area is 227 Å². The summed E-state index contributed by atoms with van der Waals surface area (Å²) in [5.74, 6) is 2.83. The summed E-state index contributed by atoms with van der Waals surface area (Å²) in [5, 5.41) is 4.69. The lowest BCUT2D eigenvalue weighted by Crippen LogP contribution is -2.01. The molecule has 0 bridgehead atoms. The van der Waals surface area contributed by atoms with Gasteiger partial charge in [0.05, 0.1) is 45.4 Å². The molecule has 8 heteroatoms. The lowest BCUT2D eigenvalue weighted by atomic mass is 10.1. The second-order valence-electron chi connectivity index (χ2n) is 8.33. The van der Waals surface area contributed by atoms with Crippen LogP contribution in [-0.4, -0.2) is 44.0 Å². The van der Waals surface area contributed by atoms with E-state index in [0.29, 0.717) is 45.9 Å². The van der Waals surface area contributed by atoms with E-state index in [4.69, 9.17) is 23.7 Å². The summed E-state index contributed by atoms with van der Waals surface area (Å²) in [6.07, 6.45) is 6.33. The molecule has 0 saturated carbocycles. The third-order valence-corrected chi connectivity index (χ3v) is 5.88. The maximum atomic E-state index is 12.8. The Bertz CT molecular complexity index is 1480. The van der Waals surface area contributed by atoms with E-state index in [1.807, 2.05) is 61.5 Å². The van der Waals surface area contributed by atoms with Gasteiger partial charge in [-0.25, -0.2) is 0 Å². The van der Waals surface area contributed by atoms with Crippen molar-refractivity contribution in [2.75, 3.05) is 28.4 Å². The van der Waals surface area contributed by atoms with Crippen LogP contribution in [0.15, 0.2) is 78.9 Å². The Kier molecular flexibility index (Phi) is 8.68. The first-order valence-corrected chi connectivity index (χ1v) is 12.1. The molecule has 0 aliphatic rings. The molecular formula is C31H30N2O6. The van der Waals surface area contributed by atoms with E-state index in [1.54, 1.807) is 50.3 Å². The van der Waals surface area contributed by atoms with Crippen molar-refractivity contribution in [1.82, 2.24) is 9.78 Å². The third kappa shape index (κ3) is 6.13. The number of ketones is 1. The van der Waals surface area contributed by atoms with Gasteiger partial charge in [-0.05, 0) is 67.1 Å². The highest BCUT2D eigenvalue weighted by Crippen LogP contribution is 2.39. The fourth-order valence-corrected chi connectivity index (χ4v) is 3.96. The Morgan fingerprint density at radius 3 is 1.95 bits per heavy atom. The van der Waals surface area contributed by atoms with E-state index in [9.17, 15) is 4.79 Å². The first kappa shape index (κ1) is 27.1. The summed E-state index contributed by atoms with van der Waals surface area (Å²) in [4.78, 5) is 12.8. The predicted octanol–water partition coefficient (Wildman–Crippen LogP) is 6.30. The van der Waals surface area contributed by atoms with Gasteiger partial charge in [0, 0.05) is 0 Å². The first-order valence-electron chi connectivity index (χ1n) is 12.1. The number of methoxy groups -OCH3 is 4. The Morgan fingerprint density at radius 2 is 1.33 bits per heavy atom. The SMILES string of the molecule is COc1ccccc1Oc1c(/C=C/C(=O)/C=C/c2cc(OC)c(OC)c(OC)c2)c(C)nn1-c1ccccc1. The minimum absolute atomic E-state index is 0.223. The van der Waals surface area contributed by atoms with Crippen LogP contribution < -0.4 is 23.7 Å². The van der Waals surface area contributed by atoms with Crippen molar-refractivity contribution in [1.29, 1.82) is 0 Å². The smallest absolute Gasteiger partial charge is 0.230 e. The number of benzene rings is 3. The molecule has 0 unspecified atom stereocenters. The zero-order valence-electron chi connectivity index (χ0n) is 22.5. The Morgan fingerprint density at radius 1 is 0.744 bits per heavy atom. The molecule has 0 atom stereocenters. The van der Waals surface area contributed by atoms with Crippen molar-refractivity contribution in [2.45, 2.75) is 6.92 Å². The summed E-state index contributed by atoms with van der Waals surface area (Å²) in [7, 11) is 6.21. The van der Waals surface area contributed by atoms with Gasteiger partial charge in [0.1, 0.15) is 0 Å². The maximum absolute atomic E-state index is 12.8. The number of aryl methyl sites for hydroxylation is 1. The second kappa shape index (κ2) is 12.5. The zero-order valence-corrected chi connectivity index (χ0v) is 22.5. The predicted molar refractivity (Wildman–Crippen MR) is 151 cm³/mol. The summed E-state index contributed by atoms with van der Waals surface area (Å²) < 4.78 is 29.6. The Hall–Kier alpha value is -4.98. The van der Waals surface area contributed by atoms with Crippen molar-refractivity contribution in [3.8, 4) is 40.3 Å². The van der Waals surface area contributed by atoms with Gasteiger partial charge in [-0.15, -0.1) is 0 Å². The summed E-state index contributed by atoms with van der Waals surface area (Å²) in [6.45, 7) is 1.87. The van der Waals surface area contributed by atoms with Gasteiger partial charge < -0.3 is 23.7 Å². The van der Waals surface area contributed by atoms with Crippen LogP contribution in [0.4, 0.5) is 0 Å². The van der Waals surface area contributed by atoms with Gasteiger partial charge in [-0.3, -0.25) is 4.79 Å². The molecule has 0 fully saturated rings. The van der Waals surface area contributed by atoms with Crippen molar-refractivity contribution in [2.24, 2.45) is 0 Å². The van der Waals surface area contributed by atoms with E-state index in [-0.39, 0.29) is 5.78 Å². The largest absolute Gasteiger partial charge is 0.493 e. The summed E-state index contributed by atoms with van der Waals surface area (Å²) in [6, 6.07) is 20.5. The highest BCUT2D eigenvalue weighted by Gasteiger charge is 2.19. The molecular weight excluding hydrogens is 496 g/mol. The lowest BCUT2D eigenvalue weighted by molar-refractivity contribution is -0.110. The van der Waals surface area contributed by atoms with Crippen LogP contribution in [0.3, 0.4) is 0 Å². The van der Waals surface area contributed by atoms with Crippen molar-refractivity contribution in [3.63, 3.8) is 0 Å². The van der Waals surface area contributed by atoms with Crippen LogP contribution in [0.5, 0.6) is 34.6 Å². The van der Waals surface area contributed by atoms with Crippen molar-refractivity contribution in [3.05, 3.63) is 95.7 Å². The van der Waals surface area contributed by atoms with E-state index >= 15 is 0 Å². The molecule has 0 saturated heterocycles. The molecule has 0 aliphatic heterocycles. The van der Waals surface area contributed by atoms with Gasteiger partial charge >= 0.3 is 0 Å². The fraction of sp³-hybridized carbons (Fsp3) is 0.161. The molecule has 8 nitrogen and oxygen atoms in total. The minimum atomic E-state index is -0.223. The summed E-state index contributed by atoms with van der Waals surface area (Å²) >= 11 is 0. The third-order valence-electron chi connectivity index (χ3n) is 5.88. The van der Waals surface area contributed by atoms with Crippen LogP contribution in [0.2, 0.25) is 0 Å². The zero-order chi connectivity index (χ0) is 27.8. The standard InChI is InChI=1S/C31H30N2O6/c1-21-25(18-17-24(34)16-15-22-19-28(36-3)30(38-5)29(20-22)37-4)31(33(32-21)23-11-7-6-8-12-23)39-27-14-10-9-13-26(27)35-2/h6-20H,1-5H3/b16-15+,18-17+. The number of para-hydroxylation sites is 3. The van der Waals surface area contributed by atoms with Crippen molar-refractivity contribution >= 4 is 17.9 Å². The number of hydrogen-bond acceptors (Lipinski definition) is 7. The normalized spacial score (nSPS) is 11.1. The molecule has 1 heterocycles. The quantitative estimate of drug-likeness (QED) is 0.212. The van der Waals surface area contributed by atoms with Gasteiger partial charge in [0.15, 0.2) is 28.8 Å². The number of ether oxygens (including phenoxy) is 5. The van der Waals surface area contributed by atoms with Crippen LogP contribution in [-0.2, 0) is 4.79 Å². The molecule has 0 radical (unpaired) electrons. The average Bonchev–Trinajstić information content (AvgIpc) is 3.29. The fourth-order valence-electron chi connectivity index (χ4n) is 3.96. The Balaban J connectivity index is 1.66. The molecule has 200 valence electrons. The van der Waals surface area contributed by atoms with E-state index < -0.39 is 0 Å². The molecule has 0 N–H and O–H groups in total. The minimum Gasteiger partial charge on any atom is -0.493 e. The maximum Gasteiger partial charge on any atom is 0.230 e. The number of nitrogens with zero attached hydrogens (tertiary/aromatic N) is 2. The van der Waals surface area contributed by atoms with Crippen LogP contribution in [0.1, 0.15) is 16.8 Å². The van der Waals surface area contributed by atoms with E-state index in [0.717, 1.165) is 11.3 Å². The number of carbonyl (C=O) groups is 1. The molecule has 39 heavy (non-hydrogen) atoms. The van der Waals surface area contributed by atoms with Crippen molar-refractivity contribution < 1.29 is 28.5 Å². The van der Waals surface area contributed by atoms with Gasteiger partial charge in [-0.2, -0.15) is 9.78 Å². The lowest BCUT2D eigenvalue weighted by Gasteiger charge is -2.13. The summed E-state index contributed by atoms with van der Waals surface area (Å²) in [5.41, 5.74) is 2.90.